The summed E-state index contributed by atoms with van der Waals surface area (Å²) < 4.78 is 0. The molecule has 2 fully saturated rings. The third-order valence-electron chi connectivity index (χ3n) is 4.31. The van der Waals surface area contributed by atoms with Crippen molar-refractivity contribution < 1.29 is 0 Å². The van der Waals surface area contributed by atoms with Crippen LogP contribution in [0.3, 0.4) is 0 Å². The van der Waals surface area contributed by atoms with E-state index in [1.54, 1.807) is 0 Å². The van der Waals surface area contributed by atoms with Crippen molar-refractivity contribution in [2.75, 3.05) is 26.2 Å². The van der Waals surface area contributed by atoms with E-state index in [1.165, 1.54) is 68.2 Å². The van der Waals surface area contributed by atoms with Gasteiger partial charge in [-0.15, -0.1) is 11.3 Å². The first-order valence-corrected chi connectivity index (χ1v) is 8.14. The molecule has 0 N–H and O–H groups in total. The van der Waals surface area contributed by atoms with E-state index in [4.69, 9.17) is 0 Å². The van der Waals surface area contributed by atoms with E-state index in [2.05, 4.69) is 28.9 Å². The van der Waals surface area contributed by atoms with Crippen LogP contribution >= 0.6 is 11.3 Å². The third kappa shape index (κ3) is 2.95. The van der Waals surface area contributed by atoms with E-state index >= 15 is 0 Å². The van der Waals surface area contributed by atoms with Gasteiger partial charge in [-0.05, 0) is 58.0 Å². The first-order valence-electron chi connectivity index (χ1n) is 7.33. The van der Waals surface area contributed by atoms with Crippen molar-refractivity contribution in [2.45, 2.75) is 45.2 Å². The van der Waals surface area contributed by atoms with E-state index in [9.17, 15) is 0 Å². The van der Waals surface area contributed by atoms with Crippen LogP contribution < -0.4 is 0 Å². The van der Waals surface area contributed by atoms with Crippen molar-refractivity contribution >= 4 is 11.3 Å². The van der Waals surface area contributed by atoms with Gasteiger partial charge >= 0.3 is 0 Å². The molecule has 2 aliphatic rings. The maximum atomic E-state index is 2.74. The van der Waals surface area contributed by atoms with Crippen molar-refractivity contribution in [1.82, 2.24) is 9.80 Å². The highest BCUT2D eigenvalue weighted by Crippen LogP contribution is 2.23. The van der Waals surface area contributed by atoms with Crippen molar-refractivity contribution in [3.8, 4) is 0 Å². The van der Waals surface area contributed by atoms with Crippen molar-refractivity contribution in [3.05, 3.63) is 21.9 Å². The summed E-state index contributed by atoms with van der Waals surface area (Å²) in [5.41, 5.74) is 0. The molecule has 1 aromatic heterocycles. The lowest BCUT2D eigenvalue weighted by Crippen LogP contribution is -2.43. The molecule has 1 unspecified atom stereocenters. The zero-order chi connectivity index (χ0) is 12.4. The molecule has 0 spiro atoms. The number of rotatable bonds is 2. The second-order valence-electron chi connectivity index (χ2n) is 5.79. The summed E-state index contributed by atoms with van der Waals surface area (Å²) in [6.07, 6.45) is 5.62. The Hall–Kier alpha value is -0.380. The fourth-order valence-corrected chi connectivity index (χ4v) is 4.31. The van der Waals surface area contributed by atoms with Gasteiger partial charge in [-0.3, -0.25) is 9.80 Å². The van der Waals surface area contributed by atoms with Crippen LogP contribution in [0, 0.1) is 6.92 Å². The average Bonchev–Trinajstić information content (AvgIpc) is 2.66. The molecule has 2 aliphatic heterocycles. The molecule has 100 valence electrons. The van der Waals surface area contributed by atoms with Crippen LogP contribution in [-0.4, -0.2) is 42.0 Å². The molecule has 3 rings (SSSR count). The molecule has 1 atom stereocenters. The Labute approximate surface area is 115 Å². The molecule has 0 bridgehead atoms. The van der Waals surface area contributed by atoms with Gasteiger partial charge in [0.1, 0.15) is 0 Å². The highest BCUT2D eigenvalue weighted by molar-refractivity contribution is 7.11. The Bertz CT molecular complexity index is 388. The summed E-state index contributed by atoms with van der Waals surface area (Å²) in [6.45, 7) is 8.62. The molecule has 1 aromatic rings. The minimum absolute atomic E-state index is 0.835. The summed E-state index contributed by atoms with van der Waals surface area (Å²) in [6, 6.07) is 5.40. The second-order valence-corrected chi connectivity index (χ2v) is 7.16. The molecule has 0 aliphatic carbocycles. The molecule has 3 heterocycles. The predicted molar refractivity (Wildman–Crippen MR) is 78.2 cm³/mol. The molecular weight excluding hydrogens is 240 g/mol. The number of hydrogen-bond donors (Lipinski definition) is 0. The van der Waals surface area contributed by atoms with Gasteiger partial charge < -0.3 is 0 Å². The van der Waals surface area contributed by atoms with Crippen molar-refractivity contribution in [2.24, 2.45) is 0 Å². The zero-order valence-corrected chi connectivity index (χ0v) is 12.2. The third-order valence-corrected chi connectivity index (χ3v) is 5.30. The summed E-state index contributed by atoms with van der Waals surface area (Å²) in [5.74, 6) is 0. The number of thiophene rings is 1. The number of fused-ring (bicyclic) bond motifs is 1. The van der Waals surface area contributed by atoms with Crippen LogP contribution in [-0.2, 0) is 6.54 Å². The minimum atomic E-state index is 0.835. The highest BCUT2D eigenvalue weighted by atomic mass is 32.1. The zero-order valence-electron chi connectivity index (χ0n) is 11.4. The summed E-state index contributed by atoms with van der Waals surface area (Å²) in [7, 11) is 0. The number of nitrogens with zero attached hydrogens (tertiary/aromatic N) is 2. The standard InChI is InChI=1S/C15H24N2S/c1-13-6-7-15(18-13)12-16-8-4-10-17-9-3-2-5-14(17)11-16/h6-7,14H,2-5,8-12H2,1H3. The van der Waals surface area contributed by atoms with Gasteiger partial charge in [0.25, 0.3) is 0 Å². The molecule has 2 saturated heterocycles. The maximum Gasteiger partial charge on any atom is 0.0328 e. The van der Waals surface area contributed by atoms with E-state index < -0.39 is 0 Å². The second kappa shape index (κ2) is 5.72. The molecule has 18 heavy (non-hydrogen) atoms. The van der Waals surface area contributed by atoms with E-state index in [-0.39, 0.29) is 0 Å². The van der Waals surface area contributed by atoms with Crippen LogP contribution in [0.15, 0.2) is 12.1 Å². The van der Waals surface area contributed by atoms with E-state index in [1.807, 2.05) is 11.3 Å². The van der Waals surface area contributed by atoms with Crippen LogP contribution in [0.1, 0.15) is 35.4 Å². The van der Waals surface area contributed by atoms with Crippen LogP contribution in [0.5, 0.6) is 0 Å². The number of hydrogen-bond acceptors (Lipinski definition) is 3. The van der Waals surface area contributed by atoms with E-state index in [0.717, 1.165) is 6.04 Å². The first-order chi connectivity index (χ1) is 8.81. The maximum absolute atomic E-state index is 2.74. The monoisotopic (exact) mass is 264 g/mol. The van der Waals surface area contributed by atoms with Crippen molar-refractivity contribution in [1.29, 1.82) is 0 Å². The molecule has 0 amide bonds. The lowest BCUT2D eigenvalue weighted by molar-refractivity contribution is 0.135. The smallest absolute Gasteiger partial charge is 0.0328 e. The lowest BCUT2D eigenvalue weighted by atomic mass is 10.0. The Morgan fingerprint density at radius 2 is 2.06 bits per heavy atom. The fourth-order valence-electron chi connectivity index (χ4n) is 3.38. The largest absolute Gasteiger partial charge is 0.299 e. The average molecular weight is 264 g/mol. The molecule has 2 nitrogen and oxygen atoms in total. The number of aryl methyl sites for hydroxylation is 1. The Balaban J connectivity index is 1.62. The SMILES string of the molecule is Cc1ccc(CN2CCCN3CCCCC3C2)s1. The Morgan fingerprint density at radius 3 is 2.89 bits per heavy atom. The van der Waals surface area contributed by atoms with Gasteiger partial charge in [0.15, 0.2) is 0 Å². The normalized spacial score (nSPS) is 26.8. The van der Waals surface area contributed by atoms with Gasteiger partial charge in [-0.2, -0.15) is 0 Å². The van der Waals surface area contributed by atoms with Gasteiger partial charge in [0.05, 0.1) is 0 Å². The first kappa shape index (κ1) is 12.6. The molecule has 0 aromatic carbocycles. The Kier molecular flexibility index (Phi) is 4.02. The topological polar surface area (TPSA) is 6.48 Å². The number of piperidine rings is 1. The fraction of sp³-hybridized carbons (Fsp3) is 0.733. The minimum Gasteiger partial charge on any atom is -0.299 e. The van der Waals surface area contributed by atoms with Crippen molar-refractivity contribution in [3.63, 3.8) is 0 Å². The Morgan fingerprint density at radius 1 is 1.17 bits per heavy atom. The molecule has 3 heteroatoms. The molecule has 0 saturated carbocycles. The summed E-state index contributed by atoms with van der Waals surface area (Å²) >= 11 is 1.96. The van der Waals surface area contributed by atoms with E-state index in [0.29, 0.717) is 0 Å². The van der Waals surface area contributed by atoms with Crippen LogP contribution in [0.25, 0.3) is 0 Å². The van der Waals surface area contributed by atoms with Gasteiger partial charge in [-0.25, -0.2) is 0 Å². The summed E-state index contributed by atoms with van der Waals surface area (Å²) in [5, 5.41) is 0. The van der Waals surface area contributed by atoms with Crippen LogP contribution in [0.2, 0.25) is 0 Å². The van der Waals surface area contributed by atoms with Gasteiger partial charge in [0.2, 0.25) is 0 Å². The highest BCUT2D eigenvalue weighted by Gasteiger charge is 2.26. The van der Waals surface area contributed by atoms with Gasteiger partial charge in [0, 0.05) is 28.9 Å². The van der Waals surface area contributed by atoms with Gasteiger partial charge in [-0.1, -0.05) is 6.42 Å². The molecule has 0 radical (unpaired) electrons. The molecular formula is C15H24N2S. The summed E-state index contributed by atoms with van der Waals surface area (Å²) in [4.78, 5) is 8.40. The van der Waals surface area contributed by atoms with Crippen LogP contribution in [0.4, 0.5) is 0 Å². The lowest BCUT2D eigenvalue weighted by Gasteiger charge is -2.35. The quantitative estimate of drug-likeness (QED) is 0.810. The predicted octanol–water partition coefficient (Wildman–Crippen LogP) is 3.12.